The molecule has 112 valence electrons. The lowest BCUT2D eigenvalue weighted by atomic mass is 9.94. The minimum Gasteiger partial charge on any atom is -0.473 e. The van der Waals surface area contributed by atoms with Crippen LogP contribution < -0.4 is 9.46 Å². The number of rotatable bonds is 6. The fourth-order valence-electron chi connectivity index (χ4n) is 2.40. The van der Waals surface area contributed by atoms with E-state index in [0.29, 0.717) is 12.3 Å². The molecule has 0 saturated heterocycles. The van der Waals surface area contributed by atoms with Gasteiger partial charge in [-0.3, -0.25) is 4.98 Å². The van der Waals surface area contributed by atoms with Gasteiger partial charge in [0, 0.05) is 18.4 Å². The third-order valence-electron chi connectivity index (χ3n) is 3.32. The van der Waals surface area contributed by atoms with Crippen LogP contribution >= 0.6 is 0 Å². The highest BCUT2D eigenvalue weighted by atomic mass is 32.2. The van der Waals surface area contributed by atoms with Crippen LogP contribution in [0.25, 0.3) is 0 Å². The van der Waals surface area contributed by atoms with Crippen LogP contribution in [0.4, 0.5) is 0 Å². The Morgan fingerprint density at radius 3 is 2.65 bits per heavy atom. The first-order valence-electron chi connectivity index (χ1n) is 7.01. The molecule has 20 heavy (non-hydrogen) atoms. The topological polar surface area (TPSA) is 81.2 Å². The van der Waals surface area contributed by atoms with E-state index in [9.17, 15) is 8.42 Å². The number of hydrogen-bond acceptors (Lipinski definition) is 5. The van der Waals surface area contributed by atoms with Crippen LogP contribution in [0.2, 0.25) is 0 Å². The first-order valence-corrected chi connectivity index (χ1v) is 8.67. The van der Waals surface area contributed by atoms with Gasteiger partial charge in [0.15, 0.2) is 0 Å². The maximum Gasteiger partial charge on any atom is 0.232 e. The van der Waals surface area contributed by atoms with E-state index < -0.39 is 10.0 Å². The molecule has 1 N–H and O–H groups in total. The fraction of sp³-hybridized carbons (Fsp3) is 0.692. The second-order valence-corrected chi connectivity index (χ2v) is 6.95. The number of aromatic nitrogens is 2. The van der Waals surface area contributed by atoms with Crippen LogP contribution in [0.1, 0.15) is 39.0 Å². The summed E-state index contributed by atoms with van der Waals surface area (Å²) >= 11 is 0. The Morgan fingerprint density at radius 2 is 2.05 bits per heavy atom. The molecule has 0 unspecified atom stereocenters. The SMILES string of the molecule is CCCS(=O)(=O)NC1CCC(Oc2cnccn2)CC1. The smallest absolute Gasteiger partial charge is 0.232 e. The van der Waals surface area contributed by atoms with E-state index in [-0.39, 0.29) is 17.9 Å². The Balaban J connectivity index is 1.78. The zero-order valence-electron chi connectivity index (χ0n) is 11.7. The van der Waals surface area contributed by atoms with Gasteiger partial charge in [-0.1, -0.05) is 6.92 Å². The molecule has 1 aliphatic carbocycles. The summed E-state index contributed by atoms with van der Waals surface area (Å²) < 4.78 is 31.9. The van der Waals surface area contributed by atoms with Crippen LogP contribution in [0, 0.1) is 0 Å². The van der Waals surface area contributed by atoms with Crippen molar-refractivity contribution in [3.8, 4) is 5.88 Å². The summed E-state index contributed by atoms with van der Waals surface area (Å²) in [6, 6.07) is 0.0354. The monoisotopic (exact) mass is 299 g/mol. The molecular formula is C13H21N3O3S. The Hall–Kier alpha value is -1.21. The van der Waals surface area contributed by atoms with Crippen molar-refractivity contribution in [1.29, 1.82) is 0 Å². The molecule has 0 aromatic carbocycles. The summed E-state index contributed by atoms with van der Waals surface area (Å²) in [5, 5.41) is 0. The number of nitrogens with one attached hydrogen (secondary N) is 1. The minimum absolute atomic E-state index is 0.0354. The largest absolute Gasteiger partial charge is 0.473 e. The zero-order chi connectivity index (χ0) is 14.4. The van der Waals surface area contributed by atoms with Crippen molar-refractivity contribution >= 4 is 10.0 Å². The second-order valence-electron chi connectivity index (χ2n) is 5.07. The normalized spacial score (nSPS) is 23.4. The number of sulfonamides is 1. The molecule has 0 bridgehead atoms. The third kappa shape index (κ3) is 4.72. The van der Waals surface area contributed by atoms with E-state index in [1.807, 2.05) is 6.92 Å². The molecule has 1 aliphatic rings. The lowest BCUT2D eigenvalue weighted by Gasteiger charge is -2.28. The summed E-state index contributed by atoms with van der Waals surface area (Å²) in [4.78, 5) is 8.03. The maximum atomic E-state index is 11.7. The van der Waals surface area contributed by atoms with Gasteiger partial charge in [-0.25, -0.2) is 18.1 Å². The number of ether oxygens (including phenoxy) is 1. The van der Waals surface area contributed by atoms with Crippen LogP contribution in [0.3, 0.4) is 0 Å². The summed E-state index contributed by atoms with van der Waals surface area (Å²) in [5.74, 6) is 0.728. The minimum atomic E-state index is -3.12. The van der Waals surface area contributed by atoms with Gasteiger partial charge in [0.25, 0.3) is 0 Å². The second kappa shape index (κ2) is 6.99. The van der Waals surface area contributed by atoms with Crippen molar-refractivity contribution < 1.29 is 13.2 Å². The molecule has 1 heterocycles. The Kier molecular flexibility index (Phi) is 5.31. The standard InChI is InChI=1S/C13H21N3O3S/c1-2-9-20(17,18)16-11-3-5-12(6-4-11)19-13-10-14-7-8-15-13/h7-8,10-12,16H,2-6,9H2,1H3. The summed E-state index contributed by atoms with van der Waals surface area (Å²) in [6.07, 6.45) is 8.79. The van der Waals surface area contributed by atoms with Crippen LogP contribution in [-0.4, -0.2) is 36.3 Å². The molecule has 7 heteroatoms. The van der Waals surface area contributed by atoms with Gasteiger partial charge < -0.3 is 4.74 Å². The van der Waals surface area contributed by atoms with E-state index in [0.717, 1.165) is 25.7 Å². The molecule has 0 aliphatic heterocycles. The van der Waals surface area contributed by atoms with Gasteiger partial charge in [-0.15, -0.1) is 0 Å². The van der Waals surface area contributed by atoms with Crippen LogP contribution in [-0.2, 0) is 10.0 Å². The molecule has 2 rings (SSSR count). The van der Waals surface area contributed by atoms with Crippen molar-refractivity contribution in [3.05, 3.63) is 18.6 Å². The quantitative estimate of drug-likeness (QED) is 0.861. The maximum absolute atomic E-state index is 11.7. The van der Waals surface area contributed by atoms with Gasteiger partial charge in [0.05, 0.1) is 11.9 Å². The van der Waals surface area contributed by atoms with Gasteiger partial charge in [-0.2, -0.15) is 0 Å². The highest BCUT2D eigenvalue weighted by Gasteiger charge is 2.25. The highest BCUT2D eigenvalue weighted by molar-refractivity contribution is 7.89. The van der Waals surface area contributed by atoms with Crippen molar-refractivity contribution in [2.45, 2.75) is 51.2 Å². The first kappa shape index (κ1) is 15.2. The number of hydrogen-bond donors (Lipinski definition) is 1. The number of nitrogens with zero attached hydrogens (tertiary/aromatic N) is 2. The molecule has 1 aromatic rings. The molecule has 6 nitrogen and oxygen atoms in total. The summed E-state index contributed by atoms with van der Waals surface area (Å²) in [7, 11) is -3.12. The average Bonchev–Trinajstić information content (AvgIpc) is 2.42. The first-order chi connectivity index (χ1) is 9.59. The zero-order valence-corrected chi connectivity index (χ0v) is 12.5. The van der Waals surface area contributed by atoms with E-state index in [4.69, 9.17) is 4.74 Å². The van der Waals surface area contributed by atoms with Gasteiger partial charge in [-0.05, 0) is 32.1 Å². The van der Waals surface area contributed by atoms with Crippen molar-refractivity contribution in [2.75, 3.05) is 5.75 Å². The fourth-order valence-corrected chi connectivity index (χ4v) is 3.80. The van der Waals surface area contributed by atoms with Crippen molar-refractivity contribution in [3.63, 3.8) is 0 Å². The Morgan fingerprint density at radius 1 is 1.30 bits per heavy atom. The Bertz CT molecular complexity index is 499. The van der Waals surface area contributed by atoms with Crippen molar-refractivity contribution in [2.24, 2.45) is 0 Å². The highest BCUT2D eigenvalue weighted by Crippen LogP contribution is 2.23. The van der Waals surface area contributed by atoms with Gasteiger partial charge in [0.1, 0.15) is 6.10 Å². The van der Waals surface area contributed by atoms with Gasteiger partial charge in [0.2, 0.25) is 15.9 Å². The molecule has 1 saturated carbocycles. The predicted molar refractivity (Wildman–Crippen MR) is 75.9 cm³/mol. The van der Waals surface area contributed by atoms with Gasteiger partial charge >= 0.3 is 0 Å². The Labute approximate surface area is 120 Å². The molecule has 1 fully saturated rings. The molecule has 0 atom stereocenters. The lowest BCUT2D eigenvalue weighted by Crippen LogP contribution is -2.40. The van der Waals surface area contributed by atoms with E-state index in [2.05, 4.69) is 14.7 Å². The van der Waals surface area contributed by atoms with Crippen molar-refractivity contribution in [1.82, 2.24) is 14.7 Å². The lowest BCUT2D eigenvalue weighted by molar-refractivity contribution is 0.138. The molecule has 0 spiro atoms. The van der Waals surface area contributed by atoms with E-state index in [1.54, 1.807) is 18.6 Å². The summed E-state index contributed by atoms with van der Waals surface area (Å²) in [5.41, 5.74) is 0. The molecule has 0 radical (unpaired) electrons. The molecule has 0 amide bonds. The van der Waals surface area contributed by atoms with Crippen LogP contribution in [0.15, 0.2) is 18.6 Å². The summed E-state index contributed by atoms with van der Waals surface area (Å²) in [6.45, 7) is 1.87. The average molecular weight is 299 g/mol. The third-order valence-corrected chi connectivity index (χ3v) is 4.96. The van der Waals surface area contributed by atoms with E-state index in [1.165, 1.54) is 0 Å². The molecular weight excluding hydrogens is 278 g/mol. The molecule has 1 aromatic heterocycles. The van der Waals surface area contributed by atoms with E-state index >= 15 is 0 Å². The predicted octanol–water partition coefficient (Wildman–Crippen LogP) is 1.50. The van der Waals surface area contributed by atoms with Crippen LogP contribution in [0.5, 0.6) is 5.88 Å².